The Labute approximate surface area is 185 Å². The molecular formula is C24H20Cl2N2O2. The third kappa shape index (κ3) is 4.20. The summed E-state index contributed by atoms with van der Waals surface area (Å²) in [7, 11) is 1.64. The number of hydrogen-bond acceptors (Lipinski definition) is 3. The van der Waals surface area contributed by atoms with Crippen LogP contribution in [0.25, 0.3) is 0 Å². The van der Waals surface area contributed by atoms with Gasteiger partial charge in [0.15, 0.2) is 0 Å². The number of methoxy groups -OCH3 is 1. The monoisotopic (exact) mass is 438 g/mol. The average Bonchev–Trinajstić information content (AvgIpc) is 2.86. The highest BCUT2D eigenvalue weighted by Gasteiger charge is 2.26. The van der Waals surface area contributed by atoms with Gasteiger partial charge in [-0.25, -0.2) is 0 Å². The lowest BCUT2D eigenvalue weighted by Gasteiger charge is -2.13. The molecule has 1 aliphatic rings. The van der Waals surface area contributed by atoms with Crippen LogP contribution in [0, 0.1) is 6.92 Å². The number of ether oxygens (including phenoxy) is 1. The summed E-state index contributed by atoms with van der Waals surface area (Å²) in [6.07, 6.45) is 0.462. The molecule has 0 aromatic heterocycles. The molecule has 0 fully saturated rings. The highest BCUT2D eigenvalue weighted by atomic mass is 35.5. The normalized spacial score (nSPS) is 15.7. The van der Waals surface area contributed by atoms with Crippen LogP contribution < -0.4 is 10.1 Å². The standard InChI is InChI=1S/C24H20Cl2N2O2/c1-14-11-16(5-10-22(14)30-2)23-19-13-18(26)8-9-20(19)28-24(29)21(27-23)12-15-3-6-17(25)7-4-15/h3-11,13,21H,12H2,1-2H3,(H,28,29). The summed E-state index contributed by atoms with van der Waals surface area (Å²) in [4.78, 5) is 17.9. The summed E-state index contributed by atoms with van der Waals surface area (Å²) in [5.41, 5.74) is 5.07. The van der Waals surface area contributed by atoms with Gasteiger partial charge in [-0.3, -0.25) is 9.79 Å². The van der Waals surface area contributed by atoms with Crippen molar-refractivity contribution in [3.05, 3.63) is 93.0 Å². The molecular weight excluding hydrogens is 419 g/mol. The largest absolute Gasteiger partial charge is 0.496 e. The van der Waals surface area contributed by atoms with Crippen LogP contribution in [-0.2, 0) is 11.2 Å². The second-order valence-corrected chi connectivity index (χ2v) is 8.06. The number of rotatable bonds is 4. The second kappa shape index (κ2) is 8.50. The van der Waals surface area contributed by atoms with Gasteiger partial charge >= 0.3 is 0 Å². The van der Waals surface area contributed by atoms with Crippen molar-refractivity contribution in [3.8, 4) is 5.75 Å². The molecule has 1 heterocycles. The maximum Gasteiger partial charge on any atom is 0.249 e. The summed E-state index contributed by atoms with van der Waals surface area (Å²) >= 11 is 12.3. The lowest BCUT2D eigenvalue weighted by molar-refractivity contribution is -0.117. The fourth-order valence-corrected chi connectivity index (χ4v) is 3.86. The second-order valence-electron chi connectivity index (χ2n) is 7.19. The zero-order valence-electron chi connectivity index (χ0n) is 16.6. The molecule has 0 aliphatic carbocycles. The first-order valence-corrected chi connectivity index (χ1v) is 10.3. The van der Waals surface area contributed by atoms with Gasteiger partial charge in [-0.05, 0) is 66.6 Å². The summed E-state index contributed by atoms with van der Waals surface area (Å²) in [5.74, 6) is 0.639. The van der Waals surface area contributed by atoms with E-state index in [-0.39, 0.29) is 5.91 Å². The minimum atomic E-state index is -0.588. The molecule has 0 spiro atoms. The van der Waals surface area contributed by atoms with Gasteiger partial charge in [0.25, 0.3) is 0 Å². The van der Waals surface area contributed by atoms with Crippen molar-refractivity contribution in [1.82, 2.24) is 0 Å². The molecule has 4 nitrogen and oxygen atoms in total. The molecule has 1 aliphatic heterocycles. The quantitative estimate of drug-likeness (QED) is 0.566. The molecule has 1 atom stereocenters. The van der Waals surface area contributed by atoms with Crippen molar-refractivity contribution >= 4 is 40.5 Å². The molecule has 1 unspecified atom stereocenters. The number of fused-ring (bicyclic) bond motifs is 1. The Kier molecular flexibility index (Phi) is 5.80. The van der Waals surface area contributed by atoms with Gasteiger partial charge in [-0.2, -0.15) is 0 Å². The third-order valence-corrected chi connectivity index (χ3v) is 5.58. The summed E-state index contributed by atoms with van der Waals surface area (Å²) in [6.45, 7) is 1.98. The van der Waals surface area contributed by atoms with Crippen molar-refractivity contribution in [1.29, 1.82) is 0 Å². The van der Waals surface area contributed by atoms with E-state index in [4.69, 9.17) is 32.9 Å². The number of halogens is 2. The minimum absolute atomic E-state index is 0.159. The molecule has 0 bridgehead atoms. The number of nitrogens with zero attached hydrogens (tertiary/aromatic N) is 1. The van der Waals surface area contributed by atoms with Crippen molar-refractivity contribution in [2.45, 2.75) is 19.4 Å². The Hall–Kier alpha value is -2.82. The third-order valence-electron chi connectivity index (χ3n) is 5.09. The number of amides is 1. The number of nitrogens with one attached hydrogen (secondary N) is 1. The molecule has 0 saturated heterocycles. The number of benzene rings is 3. The van der Waals surface area contributed by atoms with E-state index >= 15 is 0 Å². The van der Waals surface area contributed by atoms with Crippen molar-refractivity contribution < 1.29 is 9.53 Å². The van der Waals surface area contributed by atoms with Gasteiger partial charge in [-0.1, -0.05) is 35.3 Å². The molecule has 0 radical (unpaired) electrons. The molecule has 6 heteroatoms. The molecule has 3 aromatic carbocycles. The minimum Gasteiger partial charge on any atom is -0.496 e. The van der Waals surface area contributed by atoms with Crippen molar-refractivity contribution in [3.63, 3.8) is 0 Å². The zero-order chi connectivity index (χ0) is 21.3. The average molecular weight is 439 g/mol. The van der Waals surface area contributed by atoms with Gasteiger partial charge in [-0.15, -0.1) is 0 Å². The molecule has 0 saturated carbocycles. The molecule has 4 rings (SSSR count). The van der Waals surface area contributed by atoms with E-state index in [0.717, 1.165) is 33.7 Å². The molecule has 1 N–H and O–H groups in total. The van der Waals surface area contributed by atoms with Crippen LogP contribution in [0.3, 0.4) is 0 Å². The van der Waals surface area contributed by atoms with Gasteiger partial charge in [0.1, 0.15) is 11.8 Å². The Morgan fingerprint density at radius 3 is 2.43 bits per heavy atom. The van der Waals surface area contributed by atoms with Crippen LogP contribution in [0.1, 0.15) is 22.3 Å². The zero-order valence-corrected chi connectivity index (χ0v) is 18.1. The molecule has 3 aromatic rings. The number of benzodiazepines with no additional fused rings is 1. The Bertz CT molecular complexity index is 1140. The lowest BCUT2D eigenvalue weighted by atomic mass is 9.98. The van der Waals surface area contributed by atoms with Crippen molar-refractivity contribution in [2.24, 2.45) is 4.99 Å². The topological polar surface area (TPSA) is 50.7 Å². The first-order valence-electron chi connectivity index (χ1n) is 9.52. The van der Waals surface area contributed by atoms with E-state index in [1.807, 2.05) is 61.5 Å². The lowest BCUT2D eigenvalue weighted by Crippen LogP contribution is -2.27. The Morgan fingerprint density at radius 1 is 1.00 bits per heavy atom. The van der Waals surface area contributed by atoms with E-state index in [9.17, 15) is 4.79 Å². The number of carbonyl (C=O) groups is 1. The molecule has 152 valence electrons. The summed E-state index contributed by atoms with van der Waals surface area (Å²) < 4.78 is 5.39. The highest BCUT2D eigenvalue weighted by Crippen LogP contribution is 2.29. The first kappa shape index (κ1) is 20.5. The van der Waals surface area contributed by atoms with Crippen molar-refractivity contribution in [2.75, 3.05) is 12.4 Å². The fourth-order valence-electron chi connectivity index (χ4n) is 3.56. The van der Waals surface area contributed by atoms with Gasteiger partial charge in [0.05, 0.1) is 18.5 Å². The van der Waals surface area contributed by atoms with E-state index in [0.29, 0.717) is 22.2 Å². The summed E-state index contributed by atoms with van der Waals surface area (Å²) in [5, 5.41) is 4.24. The van der Waals surface area contributed by atoms with Crippen LogP contribution in [0.15, 0.2) is 65.7 Å². The van der Waals surface area contributed by atoms with E-state index in [1.54, 1.807) is 13.2 Å². The number of hydrogen-bond donors (Lipinski definition) is 1. The van der Waals surface area contributed by atoms with Crippen LogP contribution >= 0.6 is 23.2 Å². The first-order chi connectivity index (χ1) is 14.4. The maximum absolute atomic E-state index is 13.0. The highest BCUT2D eigenvalue weighted by molar-refractivity contribution is 6.32. The van der Waals surface area contributed by atoms with Gasteiger partial charge in [0, 0.05) is 27.6 Å². The maximum atomic E-state index is 13.0. The predicted molar refractivity (Wildman–Crippen MR) is 122 cm³/mol. The fraction of sp³-hybridized carbons (Fsp3) is 0.167. The van der Waals surface area contributed by atoms with Crippen LogP contribution in [-0.4, -0.2) is 24.8 Å². The Morgan fingerprint density at radius 2 is 1.73 bits per heavy atom. The SMILES string of the molecule is COc1ccc(C2=NC(Cc3ccc(Cl)cc3)C(=O)Nc3ccc(Cl)cc32)cc1C. The van der Waals surface area contributed by atoms with Crippen LogP contribution in [0.5, 0.6) is 5.75 Å². The number of anilines is 1. The number of aliphatic imine (C=N–C) groups is 1. The molecule has 30 heavy (non-hydrogen) atoms. The van der Waals surface area contributed by atoms with E-state index in [2.05, 4.69) is 5.32 Å². The Balaban J connectivity index is 1.82. The summed E-state index contributed by atoms with van der Waals surface area (Å²) in [6, 6.07) is 18.1. The predicted octanol–water partition coefficient (Wildman–Crippen LogP) is 5.71. The van der Waals surface area contributed by atoms with Crippen LogP contribution in [0.2, 0.25) is 10.0 Å². The number of aryl methyl sites for hydroxylation is 1. The number of carbonyl (C=O) groups excluding carboxylic acids is 1. The van der Waals surface area contributed by atoms with Gasteiger partial charge < -0.3 is 10.1 Å². The smallest absolute Gasteiger partial charge is 0.249 e. The van der Waals surface area contributed by atoms with Gasteiger partial charge in [0.2, 0.25) is 5.91 Å². The van der Waals surface area contributed by atoms with E-state index in [1.165, 1.54) is 0 Å². The van der Waals surface area contributed by atoms with E-state index < -0.39 is 6.04 Å². The van der Waals surface area contributed by atoms with Crippen LogP contribution in [0.4, 0.5) is 5.69 Å². The molecule has 1 amide bonds.